The third-order valence-electron chi connectivity index (χ3n) is 11.6. The van der Waals surface area contributed by atoms with Crippen LogP contribution in [0, 0.1) is 22.7 Å². The zero-order chi connectivity index (χ0) is 35.3. The highest BCUT2D eigenvalue weighted by atomic mass is 16.5. The maximum atomic E-state index is 13.7. The highest BCUT2D eigenvalue weighted by Gasteiger charge is 2.52. The van der Waals surface area contributed by atoms with Gasteiger partial charge in [0.05, 0.1) is 75.4 Å². The molecule has 7 rings (SSSR count). The number of ether oxygens (including phenoxy) is 6. The van der Waals surface area contributed by atoms with Crippen molar-refractivity contribution in [2.75, 3.05) is 28.4 Å². The van der Waals surface area contributed by atoms with Crippen LogP contribution in [0.4, 0.5) is 0 Å². The molecule has 2 aliphatic carbocycles. The molecule has 0 saturated heterocycles. The van der Waals surface area contributed by atoms with Crippen LogP contribution in [0.3, 0.4) is 0 Å². The molecule has 0 bridgehead atoms. The normalized spacial score (nSPS) is 28.3. The van der Waals surface area contributed by atoms with Crippen molar-refractivity contribution < 1.29 is 38.0 Å². The Morgan fingerprint density at radius 1 is 0.540 bits per heavy atom. The van der Waals surface area contributed by atoms with Crippen LogP contribution in [0.15, 0.2) is 48.5 Å². The number of fused-ring (bicyclic) bond motifs is 2. The van der Waals surface area contributed by atoms with Gasteiger partial charge < -0.3 is 28.4 Å². The average Bonchev–Trinajstić information content (AvgIpc) is 3.14. The molecule has 4 aliphatic rings. The van der Waals surface area contributed by atoms with Crippen molar-refractivity contribution in [2.24, 2.45) is 0 Å². The minimum atomic E-state index is -0.762. The Bertz CT molecular complexity index is 1820. The zero-order valence-electron chi connectivity index (χ0n) is 28.9. The maximum Gasteiger partial charge on any atom is 0.170 e. The van der Waals surface area contributed by atoms with Crippen molar-refractivity contribution in [3.8, 4) is 46.6 Å². The first-order valence-electron chi connectivity index (χ1n) is 17.0. The van der Waals surface area contributed by atoms with Crippen LogP contribution in [0.5, 0.6) is 34.5 Å². The molecule has 2 saturated carbocycles. The standard InChI is InChI=1S/C40H40N2O8/c1-45-31-7-5-25(17-35(31)47-3)37(23-41)9-13-39(14-10-37)21-29(43)27-19-28-30(44)22-40(50-34(28)20-33(27)49-39)15-11-38(24-42,12-16-40)26-6-8-32(46-2)36(18-26)48-4/h5-8,17-20H,9-16,21-22H2,1-4H3. The Labute approximate surface area is 291 Å². The van der Waals surface area contributed by atoms with Crippen LogP contribution in [0.1, 0.15) is 96.1 Å². The lowest BCUT2D eigenvalue weighted by Gasteiger charge is -2.47. The summed E-state index contributed by atoms with van der Waals surface area (Å²) in [7, 11) is 6.29. The molecule has 0 aromatic heterocycles. The van der Waals surface area contributed by atoms with Gasteiger partial charge in [-0.15, -0.1) is 0 Å². The number of ketones is 2. The molecule has 258 valence electrons. The van der Waals surface area contributed by atoms with Gasteiger partial charge in [-0.3, -0.25) is 9.59 Å². The number of hydrogen-bond donors (Lipinski definition) is 0. The van der Waals surface area contributed by atoms with E-state index < -0.39 is 22.0 Å². The van der Waals surface area contributed by atoms with E-state index in [1.54, 1.807) is 40.6 Å². The first kappa shape index (κ1) is 33.3. The molecule has 10 heteroatoms. The second kappa shape index (κ2) is 12.3. The molecular weight excluding hydrogens is 636 g/mol. The van der Waals surface area contributed by atoms with Gasteiger partial charge in [0, 0.05) is 6.07 Å². The topological polar surface area (TPSA) is 137 Å². The molecule has 50 heavy (non-hydrogen) atoms. The molecule has 2 spiro atoms. The minimum Gasteiger partial charge on any atom is -0.493 e. The first-order chi connectivity index (χ1) is 24.1. The van der Waals surface area contributed by atoms with Gasteiger partial charge in [-0.2, -0.15) is 10.5 Å². The molecule has 0 atom stereocenters. The molecular formula is C40H40N2O8. The van der Waals surface area contributed by atoms with Crippen molar-refractivity contribution in [3.05, 3.63) is 70.8 Å². The second-order valence-corrected chi connectivity index (χ2v) is 14.1. The SMILES string of the molecule is COc1ccc(C2(C#N)CCC3(CC2)CC(=O)c2cc4c(cc2O3)OC2(CCC(C#N)(c3ccc(OC)c(OC)c3)CC2)CC4=O)cc1OC. The minimum absolute atomic E-state index is 0.0795. The van der Waals surface area contributed by atoms with E-state index in [4.69, 9.17) is 28.4 Å². The molecule has 3 aromatic rings. The fourth-order valence-electron chi connectivity index (χ4n) is 8.50. The summed E-state index contributed by atoms with van der Waals surface area (Å²) in [6, 6.07) is 19.6. The van der Waals surface area contributed by atoms with Crippen LogP contribution < -0.4 is 28.4 Å². The number of methoxy groups -OCH3 is 4. The molecule has 2 aliphatic heterocycles. The van der Waals surface area contributed by atoms with E-state index in [0.717, 1.165) is 11.1 Å². The van der Waals surface area contributed by atoms with Gasteiger partial charge in [0.15, 0.2) is 34.6 Å². The second-order valence-electron chi connectivity index (χ2n) is 14.1. The highest BCUT2D eigenvalue weighted by Crippen LogP contribution is 2.53. The van der Waals surface area contributed by atoms with Gasteiger partial charge >= 0.3 is 0 Å². The van der Waals surface area contributed by atoms with Crippen LogP contribution in [-0.4, -0.2) is 51.2 Å². The average molecular weight is 677 g/mol. The number of carbonyl (C=O) groups is 2. The number of carbonyl (C=O) groups excluding carboxylic acids is 2. The Morgan fingerprint density at radius 2 is 0.920 bits per heavy atom. The third kappa shape index (κ3) is 5.29. The monoisotopic (exact) mass is 676 g/mol. The van der Waals surface area contributed by atoms with Crippen molar-refractivity contribution in [1.82, 2.24) is 0 Å². The summed E-state index contributed by atoms with van der Waals surface area (Å²) in [5, 5.41) is 20.8. The van der Waals surface area contributed by atoms with Gasteiger partial charge in [-0.25, -0.2) is 0 Å². The predicted molar refractivity (Wildman–Crippen MR) is 182 cm³/mol. The fraction of sp³-hybridized carbons (Fsp3) is 0.450. The van der Waals surface area contributed by atoms with Gasteiger partial charge in [0.1, 0.15) is 22.7 Å². The molecule has 10 nitrogen and oxygen atoms in total. The quantitative estimate of drug-likeness (QED) is 0.264. The molecule has 0 N–H and O–H groups in total. The summed E-state index contributed by atoms with van der Waals surface area (Å²) in [5.74, 6) is 2.97. The van der Waals surface area contributed by atoms with E-state index in [0.29, 0.717) is 97.0 Å². The molecule has 2 fully saturated rings. The number of rotatable bonds is 6. The molecule has 0 unspecified atom stereocenters. The lowest BCUT2D eigenvalue weighted by Crippen LogP contribution is -2.49. The summed E-state index contributed by atoms with van der Waals surface area (Å²) < 4.78 is 35.2. The van der Waals surface area contributed by atoms with Crippen LogP contribution >= 0.6 is 0 Å². The zero-order valence-corrected chi connectivity index (χ0v) is 28.9. The van der Waals surface area contributed by atoms with E-state index in [1.807, 2.05) is 36.4 Å². The number of benzene rings is 3. The summed E-state index contributed by atoms with van der Waals surface area (Å²) in [6.07, 6.45) is 4.41. The summed E-state index contributed by atoms with van der Waals surface area (Å²) >= 11 is 0. The Kier molecular flexibility index (Phi) is 8.17. The number of hydrogen-bond acceptors (Lipinski definition) is 10. The fourth-order valence-corrected chi connectivity index (χ4v) is 8.50. The number of nitriles is 2. The van der Waals surface area contributed by atoms with Crippen molar-refractivity contribution >= 4 is 11.6 Å². The summed E-state index contributed by atoms with van der Waals surface area (Å²) in [5.41, 5.74) is -0.567. The third-order valence-corrected chi connectivity index (χ3v) is 11.6. The van der Waals surface area contributed by atoms with E-state index in [1.165, 1.54) is 0 Å². The van der Waals surface area contributed by atoms with Crippen LogP contribution in [0.25, 0.3) is 0 Å². The smallest absolute Gasteiger partial charge is 0.170 e. The first-order valence-corrected chi connectivity index (χ1v) is 17.0. The summed E-state index contributed by atoms with van der Waals surface area (Å²) in [6.45, 7) is 0. The number of nitrogens with zero attached hydrogens (tertiary/aromatic N) is 2. The van der Waals surface area contributed by atoms with Crippen LogP contribution in [-0.2, 0) is 10.8 Å². The van der Waals surface area contributed by atoms with Crippen molar-refractivity contribution in [2.45, 2.75) is 86.2 Å². The van der Waals surface area contributed by atoms with Crippen molar-refractivity contribution in [1.29, 1.82) is 10.5 Å². The van der Waals surface area contributed by atoms with E-state index in [2.05, 4.69) is 12.1 Å². The van der Waals surface area contributed by atoms with Gasteiger partial charge in [0.2, 0.25) is 0 Å². The maximum absolute atomic E-state index is 13.7. The molecule has 3 aromatic carbocycles. The Morgan fingerprint density at radius 3 is 1.26 bits per heavy atom. The molecule has 0 radical (unpaired) electrons. The van der Waals surface area contributed by atoms with E-state index in [9.17, 15) is 20.1 Å². The summed E-state index contributed by atoms with van der Waals surface area (Å²) in [4.78, 5) is 27.3. The van der Waals surface area contributed by atoms with Crippen molar-refractivity contribution in [3.63, 3.8) is 0 Å². The number of Topliss-reactive ketones (excluding diaryl/α,β-unsaturated/α-hetero) is 2. The Balaban J connectivity index is 1.11. The largest absolute Gasteiger partial charge is 0.493 e. The molecule has 2 heterocycles. The molecule has 0 amide bonds. The van der Waals surface area contributed by atoms with Crippen LogP contribution in [0.2, 0.25) is 0 Å². The lowest BCUT2D eigenvalue weighted by atomic mass is 9.64. The Hall–Kier alpha value is -5.22. The van der Waals surface area contributed by atoms with E-state index in [-0.39, 0.29) is 24.4 Å². The lowest BCUT2D eigenvalue weighted by molar-refractivity contribution is -0.00360. The van der Waals surface area contributed by atoms with Gasteiger partial charge in [0.25, 0.3) is 0 Å². The van der Waals surface area contributed by atoms with Gasteiger partial charge in [-0.1, -0.05) is 12.1 Å². The van der Waals surface area contributed by atoms with Gasteiger partial charge in [-0.05, 0) is 92.8 Å². The van der Waals surface area contributed by atoms with E-state index >= 15 is 0 Å². The predicted octanol–water partition coefficient (Wildman–Crippen LogP) is 7.20. The highest BCUT2D eigenvalue weighted by molar-refractivity contribution is 6.06.